The van der Waals surface area contributed by atoms with Crippen molar-refractivity contribution in [3.63, 3.8) is 0 Å². The van der Waals surface area contributed by atoms with E-state index in [1.54, 1.807) is 6.92 Å². The van der Waals surface area contributed by atoms with Gasteiger partial charge in [0.15, 0.2) is 0 Å². The Morgan fingerprint density at radius 1 is 1.77 bits per heavy atom. The zero-order chi connectivity index (χ0) is 9.84. The van der Waals surface area contributed by atoms with E-state index in [2.05, 4.69) is 5.32 Å². The zero-order valence-electron chi connectivity index (χ0n) is 7.15. The van der Waals surface area contributed by atoms with Crippen molar-refractivity contribution in [2.45, 2.75) is 13.0 Å². The smallest absolute Gasteiger partial charge is 0.261 e. The Morgan fingerprint density at radius 3 is 2.92 bits per heavy atom. The Hall–Kier alpha value is -1.07. The molecule has 0 aliphatic rings. The van der Waals surface area contributed by atoms with E-state index in [1.165, 1.54) is 22.8 Å². The summed E-state index contributed by atoms with van der Waals surface area (Å²) in [7, 11) is 0. The van der Waals surface area contributed by atoms with E-state index in [4.69, 9.17) is 10.2 Å². The monoisotopic (exact) mass is 201 g/mol. The average molecular weight is 201 g/mol. The standard InChI is InChI=1S/C8H11NO3S/c1-5(10)3-9-8(12)7-2-6(11)4-13-7/h2,4-5,10-11H,3H2,1H3,(H,9,12)/t5-/m0/s1. The van der Waals surface area contributed by atoms with Crippen molar-refractivity contribution >= 4 is 17.2 Å². The molecule has 0 unspecified atom stereocenters. The van der Waals surface area contributed by atoms with Crippen LogP contribution < -0.4 is 5.32 Å². The van der Waals surface area contributed by atoms with Gasteiger partial charge >= 0.3 is 0 Å². The molecule has 0 aliphatic heterocycles. The van der Waals surface area contributed by atoms with Gasteiger partial charge in [-0.2, -0.15) is 0 Å². The summed E-state index contributed by atoms with van der Waals surface area (Å²) in [6, 6.07) is 1.39. The molecule has 1 aromatic heterocycles. The second-order valence-corrected chi connectivity index (χ2v) is 3.64. The zero-order valence-corrected chi connectivity index (χ0v) is 7.97. The first-order valence-electron chi connectivity index (χ1n) is 3.83. The van der Waals surface area contributed by atoms with Crippen molar-refractivity contribution in [2.24, 2.45) is 0 Å². The van der Waals surface area contributed by atoms with Gasteiger partial charge in [0, 0.05) is 18.0 Å². The second kappa shape index (κ2) is 4.25. The van der Waals surface area contributed by atoms with E-state index in [0.717, 1.165) is 0 Å². The Bertz CT molecular complexity index is 295. The van der Waals surface area contributed by atoms with Crippen LogP contribution in [0.1, 0.15) is 16.6 Å². The number of carbonyl (C=O) groups excluding carboxylic acids is 1. The van der Waals surface area contributed by atoms with Gasteiger partial charge in [-0.3, -0.25) is 4.79 Å². The molecule has 0 radical (unpaired) electrons. The number of hydrogen-bond donors (Lipinski definition) is 3. The highest BCUT2D eigenvalue weighted by molar-refractivity contribution is 7.12. The maximum absolute atomic E-state index is 11.2. The van der Waals surface area contributed by atoms with Gasteiger partial charge in [0.25, 0.3) is 5.91 Å². The Morgan fingerprint density at radius 2 is 2.46 bits per heavy atom. The molecular weight excluding hydrogens is 190 g/mol. The van der Waals surface area contributed by atoms with Crippen LogP contribution in [0.4, 0.5) is 0 Å². The van der Waals surface area contributed by atoms with E-state index in [9.17, 15) is 4.79 Å². The molecule has 3 N–H and O–H groups in total. The Labute approximate surface area is 79.8 Å². The number of aromatic hydroxyl groups is 1. The summed E-state index contributed by atoms with van der Waals surface area (Å²) in [5, 5.41) is 21.9. The number of amides is 1. The fraction of sp³-hybridized carbons (Fsp3) is 0.375. The van der Waals surface area contributed by atoms with E-state index in [1.807, 2.05) is 0 Å². The summed E-state index contributed by atoms with van der Waals surface area (Å²) in [4.78, 5) is 11.7. The van der Waals surface area contributed by atoms with Crippen molar-refractivity contribution < 1.29 is 15.0 Å². The van der Waals surface area contributed by atoms with Crippen molar-refractivity contribution in [1.29, 1.82) is 0 Å². The molecule has 5 heteroatoms. The lowest BCUT2D eigenvalue weighted by atomic mass is 10.4. The third-order valence-corrected chi connectivity index (χ3v) is 2.28. The second-order valence-electron chi connectivity index (χ2n) is 2.73. The first kappa shape index (κ1) is 10.0. The van der Waals surface area contributed by atoms with Gasteiger partial charge in [-0.15, -0.1) is 11.3 Å². The molecule has 0 fully saturated rings. The number of nitrogens with one attached hydrogen (secondary N) is 1. The van der Waals surface area contributed by atoms with Crippen LogP contribution in [0.15, 0.2) is 11.4 Å². The predicted octanol–water partition coefficient (Wildman–Crippen LogP) is 0.564. The number of hydrogen-bond acceptors (Lipinski definition) is 4. The van der Waals surface area contributed by atoms with Gasteiger partial charge in [-0.1, -0.05) is 0 Å². The van der Waals surface area contributed by atoms with E-state index in [0.29, 0.717) is 4.88 Å². The molecule has 13 heavy (non-hydrogen) atoms. The average Bonchev–Trinajstić information content (AvgIpc) is 2.47. The third kappa shape index (κ3) is 3.04. The fourth-order valence-corrected chi connectivity index (χ4v) is 1.46. The van der Waals surface area contributed by atoms with Crippen LogP contribution in [0.25, 0.3) is 0 Å². The number of carbonyl (C=O) groups is 1. The first-order chi connectivity index (χ1) is 6.09. The summed E-state index contributed by atoms with van der Waals surface area (Å²) in [6.07, 6.45) is -0.558. The predicted molar refractivity (Wildman–Crippen MR) is 50.0 cm³/mol. The largest absolute Gasteiger partial charge is 0.507 e. The van der Waals surface area contributed by atoms with Crippen LogP contribution in [0.3, 0.4) is 0 Å². The maximum Gasteiger partial charge on any atom is 0.261 e. The SMILES string of the molecule is C[C@H](O)CNC(=O)c1cc(O)cs1. The van der Waals surface area contributed by atoms with Gasteiger partial charge in [0.1, 0.15) is 5.75 Å². The highest BCUT2D eigenvalue weighted by atomic mass is 32.1. The molecule has 0 aliphatic carbocycles. The van der Waals surface area contributed by atoms with Crippen LogP contribution >= 0.6 is 11.3 Å². The Balaban J connectivity index is 2.49. The topological polar surface area (TPSA) is 69.6 Å². The number of aliphatic hydroxyl groups excluding tert-OH is 1. The van der Waals surface area contributed by atoms with Crippen LogP contribution in [0, 0.1) is 0 Å². The van der Waals surface area contributed by atoms with E-state index < -0.39 is 6.10 Å². The molecule has 1 aromatic rings. The number of thiophene rings is 1. The normalized spacial score (nSPS) is 12.5. The maximum atomic E-state index is 11.2. The lowest BCUT2D eigenvalue weighted by Crippen LogP contribution is -2.29. The molecule has 4 nitrogen and oxygen atoms in total. The number of rotatable bonds is 3. The molecule has 0 aromatic carbocycles. The van der Waals surface area contributed by atoms with Gasteiger partial charge < -0.3 is 15.5 Å². The molecule has 0 bridgehead atoms. The highest BCUT2D eigenvalue weighted by Crippen LogP contribution is 2.19. The minimum Gasteiger partial charge on any atom is -0.507 e. The summed E-state index contributed by atoms with van der Waals surface area (Å²) in [5.41, 5.74) is 0. The van der Waals surface area contributed by atoms with Gasteiger partial charge in [-0.05, 0) is 6.92 Å². The van der Waals surface area contributed by atoms with Crippen LogP contribution in [0.2, 0.25) is 0 Å². The summed E-state index contributed by atoms with van der Waals surface area (Å²) < 4.78 is 0. The molecule has 72 valence electrons. The minimum absolute atomic E-state index is 0.0900. The third-order valence-electron chi connectivity index (χ3n) is 1.37. The molecular formula is C8H11NO3S. The van der Waals surface area contributed by atoms with Crippen LogP contribution in [-0.2, 0) is 0 Å². The molecule has 1 atom stereocenters. The molecule has 1 rings (SSSR count). The van der Waals surface area contributed by atoms with Crippen molar-refractivity contribution in [3.05, 3.63) is 16.3 Å². The molecule has 0 spiro atoms. The van der Waals surface area contributed by atoms with Crippen LogP contribution in [-0.4, -0.2) is 28.8 Å². The lowest BCUT2D eigenvalue weighted by Gasteiger charge is -2.04. The van der Waals surface area contributed by atoms with E-state index >= 15 is 0 Å². The minimum atomic E-state index is -0.558. The highest BCUT2D eigenvalue weighted by Gasteiger charge is 2.08. The lowest BCUT2D eigenvalue weighted by molar-refractivity contribution is 0.0928. The molecule has 1 amide bonds. The summed E-state index contributed by atoms with van der Waals surface area (Å²) >= 11 is 1.17. The van der Waals surface area contributed by atoms with E-state index in [-0.39, 0.29) is 18.2 Å². The van der Waals surface area contributed by atoms with Gasteiger partial charge in [0.05, 0.1) is 11.0 Å². The van der Waals surface area contributed by atoms with Crippen molar-refractivity contribution in [3.8, 4) is 5.75 Å². The van der Waals surface area contributed by atoms with Crippen molar-refractivity contribution in [1.82, 2.24) is 5.32 Å². The quantitative estimate of drug-likeness (QED) is 0.669. The van der Waals surface area contributed by atoms with Gasteiger partial charge in [0.2, 0.25) is 0 Å². The Kier molecular flexibility index (Phi) is 3.27. The van der Waals surface area contributed by atoms with Crippen LogP contribution in [0.5, 0.6) is 5.75 Å². The molecule has 1 heterocycles. The van der Waals surface area contributed by atoms with Crippen molar-refractivity contribution in [2.75, 3.05) is 6.54 Å². The molecule has 0 saturated carbocycles. The van der Waals surface area contributed by atoms with Gasteiger partial charge in [-0.25, -0.2) is 0 Å². The fourth-order valence-electron chi connectivity index (χ4n) is 0.773. The summed E-state index contributed by atoms with van der Waals surface area (Å²) in [5.74, 6) is -0.182. The first-order valence-corrected chi connectivity index (χ1v) is 4.71. The number of aliphatic hydroxyl groups is 1. The molecule has 0 saturated heterocycles. The summed E-state index contributed by atoms with van der Waals surface area (Å²) in [6.45, 7) is 1.81.